The van der Waals surface area contributed by atoms with Crippen LogP contribution in [0.1, 0.15) is 132 Å². The average Bonchev–Trinajstić information content (AvgIpc) is 3.29. The minimum absolute atomic E-state index is 0.0597. The molecule has 0 spiro atoms. The van der Waals surface area contributed by atoms with E-state index in [1.165, 1.54) is 5.57 Å². The first-order valence-corrected chi connectivity index (χ1v) is 25.7. The minimum atomic E-state index is -1.76. The number of carbonyl (C=O) groups is 2. The number of allylic oxidation sites excluding steroid dienone is 2. The summed E-state index contributed by atoms with van der Waals surface area (Å²) in [6.45, 7) is 17.1. The first kappa shape index (κ1) is 53.4. The molecule has 0 bridgehead atoms. The van der Waals surface area contributed by atoms with E-state index in [2.05, 4.69) is 54.5 Å². The molecule has 4 saturated carbocycles. The van der Waals surface area contributed by atoms with E-state index < -0.39 is 121 Å². The summed E-state index contributed by atoms with van der Waals surface area (Å²) in [5.41, 5.74) is -0.715. The van der Waals surface area contributed by atoms with Crippen molar-refractivity contribution in [3.63, 3.8) is 0 Å². The maximum atomic E-state index is 14.7. The standard InChI is InChI=1S/C51H82O18/c1-9-10-21-63-41(61)40-39(67-42-36(58)32(54)27(53)24-64-42)35(57)38(60)44(68-40)66-31-14-15-48(6)29(47(31,4)5)13-16-50(8)30(48)12-11-25-26-22-46(2,3)17-19-51(26,20-18-49(25,50)7)45(62)69-43-37(59)34(56)33(55)28(23-52)65-43/h11,26-40,42-44,52-60H,9-10,12-24H2,1-8H3/t26-,27+,28+,29+,30-,31-,32-,33+,34+,35+,36-,37+,38+,39-,40+,42-,43-,44-,48-,49-,50-,51-/m0/s1. The normalized spacial score (nSPS) is 50.3. The maximum Gasteiger partial charge on any atom is 0.338 e. The molecular weight excluding hydrogens is 901 g/mol. The third-order valence-corrected chi connectivity index (χ3v) is 19.6. The molecule has 8 aliphatic rings. The van der Waals surface area contributed by atoms with Crippen LogP contribution in [0.15, 0.2) is 11.6 Å². The fourth-order valence-corrected chi connectivity index (χ4v) is 15.1. The quantitative estimate of drug-likeness (QED) is 0.0621. The molecule has 0 radical (unpaired) electrons. The van der Waals surface area contributed by atoms with Gasteiger partial charge in [0.1, 0.15) is 61.0 Å². The lowest BCUT2D eigenvalue weighted by molar-refractivity contribution is -0.355. The van der Waals surface area contributed by atoms with Gasteiger partial charge in [-0.25, -0.2) is 4.79 Å². The Labute approximate surface area is 406 Å². The number of unbranched alkanes of at least 4 members (excludes halogenated alkanes) is 1. The molecule has 394 valence electrons. The molecule has 18 nitrogen and oxygen atoms in total. The van der Waals surface area contributed by atoms with E-state index in [4.69, 9.17) is 33.2 Å². The number of carbonyl (C=O) groups excluding carboxylic acids is 2. The van der Waals surface area contributed by atoms with Gasteiger partial charge in [-0.1, -0.05) is 73.5 Å². The second kappa shape index (κ2) is 19.4. The van der Waals surface area contributed by atoms with E-state index in [1.54, 1.807) is 0 Å². The molecule has 3 aliphatic heterocycles. The summed E-state index contributed by atoms with van der Waals surface area (Å²) in [6, 6.07) is 0. The molecule has 8 rings (SSSR count). The molecule has 3 saturated heterocycles. The third-order valence-electron chi connectivity index (χ3n) is 19.6. The van der Waals surface area contributed by atoms with Crippen LogP contribution in [0.5, 0.6) is 0 Å². The van der Waals surface area contributed by atoms with E-state index in [-0.39, 0.29) is 52.6 Å². The molecule has 7 fully saturated rings. The predicted molar refractivity (Wildman–Crippen MR) is 243 cm³/mol. The van der Waals surface area contributed by atoms with Gasteiger partial charge in [-0.2, -0.15) is 0 Å². The number of fused-ring (bicyclic) bond motifs is 7. The van der Waals surface area contributed by atoms with Crippen molar-refractivity contribution in [1.82, 2.24) is 0 Å². The molecule has 18 heteroatoms. The zero-order valence-electron chi connectivity index (χ0n) is 41.8. The zero-order valence-corrected chi connectivity index (χ0v) is 41.8. The Bertz CT molecular complexity index is 1890. The van der Waals surface area contributed by atoms with Gasteiger partial charge in [0.25, 0.3) is 0 Å². The van der Waals surface area contributed by atoms with Crippen molar-refractivity contribution in [2.45, 2.75) is 225 Å². The fraction of sp³-hybridized carbons (Fsp3) is 0.922. The van der Waals surface area contributed by atoms with E-state index in [0.29, 0.717) is 25.7 Å². The Kier molecular flexibility index (Phi) is 15.0. The van der Waals surface area contributed by atoms with Gasteiger partial charge >= 0.3 is 11.9 Å². The van der Waals surface area contributed by atoms with Gasteiger partial charge in [-0.3, -0.25) is 4.79 Å². The fourth-order valence-electron chi connectivity index (χ4n) is 15.1. The van der Waals surface area contributed by atoms with E-state index in [9.17, 15) is 55.5 Å². The van der Waals surface area contributed by atoms with Gasteiger partial charge in [0.15, 0.2) is 18.7 Å². The molecule has 3 heterocycles. The number of aliphatic hydroxyl groups excluding tert-OH is 9. The molecule has 69 heavy (non-hydrogen) atoms. The number of ether oxygens (including phenoxy) is 7. The lowest BCUT2D eigenvalue weighted by Gasteiger charge is -2.71. The van der Waals surface area contributed by atoms with Crippen LogP contribution in [-0.4, -0.2) is 170 Å². The maximum absolute atomic E-state index is 14.7. The number of hydrogen-bond acceptors (Lipinski definition) is 18. The van der Waals surface area contributed by atoms with Gasteiger partial charge in [0.05, 0.1) is 31.3 Å². The number of esters is 2. The molecule has 9 N–H and O–H groups in total. The first-order chi connectivity index (χ1) is 32.3. The Hall–Kier alpha value is -1.88. The van der Waals surface area contributed by atoms with Gasteiger partial charge < -0.3 is 79.1 Å². The van der Waals surface area contributed by atoms with Crippen molar-refractivity contribution < 1.29 is 88.7 Å². The van der Waals surface area contributed by atoms with Crippen LogP contribution in [-0.2, 0) is 42.7 Å². The van der Waals surface area contributed by atoms with Gasteiger partial charge in [0.2, 0.25) is 6.29 Å². The SMILES string of the molecule is CCCCOC(=O)[C@@H]1O[C@H](O[C@H]2CC[C@@]3(C)[C@H](CC[C@@]4(C)[C@H]3CC=C3[C@@H]5CC(C)(C)CC[C@]5(C(=O)O[C@@H]5O[C@H](CO)[C@@H](O)[C@@H](O)[C@H]5O)CC[C@@]34C)C2(C)C)[C@H](O)[C@@H](O)[C@@H]1O[C@@H]1OC[C@@H](O)[C@H](O)[C@@H]1O. The van der Waals surface area contributed by atoms with Crippen molar-refractivity contribution in [2.75, 3.05) is 19.8 Å². The van der Waals surface area contributed by atoms with Crippen molar-refractivity contribution in [1.29, 1.82) is 0 Å². The number of aliphatic hydroxyl groups is 9. The molecule has 0 aromatic rings. The van der Waals surface area contributed by atoms with Crippen molar-refractivity contribution in [2.24, 2.45) is 50.2 Å². The molecule has 0 unspecified atom stereocenters. The Morgan fingerprint density at radius 1 is 0.725 bits per heavy atom. The average molecular weight is 983 g/mol. The highest BCUT2D eigenvalue weighted by Crippen LogP contribution is 2.76. The summed E-state index contributed by atoms with van der Waals surface area (Å²) in [7, 11) is 0. The van der Waals surface area contributed by atoms with Crippen LogP contribution in [0.4, 0.5) is 0 Å². The Morgan fingerprint density at radius 2 is 1.41 bits per heavy atom. The summed E-state index contributed by atoms with van der Waals surface area (Å²) in [6.07, 6.45) is -11.3. The molecule has 22 atom stereocenters. The summed E-state index contributed by atoms with van der Waals surface area (Å²) >= 11 is 0. The van der Waals surface area contributed by atoms with Gasteiger partial charge in [-0.15, -0.1) is 0 Å². The van der Waals surface area contributed by atoms with E-state index >= 15 is 0 Å². The second-order valence-corrected chi connectivity index (χ2v) is 24.2. The van der Waals surface area contributed by atoms with Crippen LogP contribution < -0.4 is 0 Å². The molecular formula is C51H82O18. The van der Waals surface area contributed by atoms with Crippen LogP contribution in [0.2, 0.25) is 0 Å². The topological polar surface area (TPSA) is 281 Å². The Morgan fingerprint density at radius 3 is 2.10 bits per heavy atom. The highest BCUT2D eigenvalue weighted by Gasteiger charge is 2.70. The largest absolute Gasteiger partial charge is 0.464 e. The van der Waals surface area contributed by atoms with Crippen molar-refractivity contribution in [3.05, 3.63) is 11.6 Å². The van der Waals surface area contributed by atoms with Crippen LogP contribution >= 0.6 is 0 Å². The van der Waals surface area contributed by atoms with E-state index in [1.807, 2.05) is 6.92 Å². The zero-order chi connectivity index (χ0) is 50.4. The number of hydrogen-bond donors (Lipinski definition) is 9. The monoisotopic (exact) mass is 983 g/mol. The number of rotatable bonds is 11. The Balaban J connectivity index is 1.02. The summed E-state index contributed by atoms with van der Waals surface area (Å²) < 4.78 is 41.4. The van der Waals surface area contributed by atoms with Gasteiger partial charge in [-0.05, 0) is 115 Å². The van der Waals surface area contributed by atoms with E-state index in [0.717, 1.165) is 51.4 Å². The minimum Gasteiger partial charge on any atom is -0.464 e. The molecule has 0 aromatic carbocycles. The summed E-state index contributed by atoms with van der Waals surface area (Å²) in [4.78, 5) is 28.3. The lowest BCUT2D eigenvalue weighted by Crippen LogP contribution is -2.67. The van der Waals surface area contributed by atoms with Crippen molar-refractivity contribution in [3.8, 4) is 0 Å². The molecule has 0 aromatic heterocycles. The summed E-state index contributed by atoms with van der Waals surface area (Å²) in [5, 5.41) is 95.8. The second-order valence-electron chi connectivity index (χ2n) is 24.2. The third kappa shape index (κ3) is 8.86. The highest BCUT2D eigenvalue weighted by atomic mass is 16.7. The van der Waals surface area contributed by atoms with Crippen LogP contribution in [0.3, 0.4) is 0 Å². The first-order valence-electron chi connectivity index (χ1n) is 25.7. The van der Waals surface area contributed by atoms with Crippen LogP contribution in [0.25, 0.3) is 0 Å². The van der Waals surface area contributed by atoms with Crippen molar-refractivity contribution >= 4 is 11.9 Å². The van der Waals surface area contributed by atoms with Gasteiger partial charge in [0, 0.05) is 0 Å². The predicted octanol–water partition coefficient (Wildman–Crippen LogP) is 2.13. The summed E-state index contributed by atoms with van der Waals surface area (Å²) in [5.74, 6) is -1.07. The molecule has 5 aliphatic carbocycles. The highest BCUT2D eigenvalue weighted by molar-refractivity contribution is 5.79. The van der Waals surface area contributed by atoms with Crippen LogP contribution in [0, 0.1) is 50.2 Å². The lowest BCUT2D eigenvalue weighted by atomic mass is 9.33. The smallest absolute Gasteiger partial charge is 0.338 e. The molecule has 0 amide bonds.